The molecule has 0 bridgehead atoms. The van der Waals surface area contributed by atoms with Gasteiger partial charge in [0.05, 0.1) is 19.8 Å². The Morgan fingerprint density at radius 1 is 1.00 bits per heavy atom. The van der Waals surface area contributed by atoms with Gasteiger partial charge < -0.3 is 19.6 Å². The van der Waals surface area contributed by atoms with E-state index in [1.807, 2.05) is 60.7 Å². The number of hydrogen-bond acceptors (Lipinski definition) is 4. The Morgan fingerprint density at radius 2 is 1.76 bits per heavy atom. The Hall–Kier alpha value is -2.56. The van der Waals surface area contributed by atoms with Gasteiger partial charge in [0, 0.05) is 17.7 Å². The monoisotopic (exact) mass is 337 g/mol. The summed E-state index contributed by atoms with van der Waals surface area (Å²) >= 11 is 0. The van der Waals surface area contributed by atoms with Crippen molar-refractivity contribution in [3.05, 3.63) is 77.6 Å². The molecule has 2 aromatic carbocycles. The highest BCUT2D eigenvalue weighted by Crippen LogP contribution is 2.24. The van der Waals surface area contributed by atoms with Crippen molar-refractivity contribution >= 4 is 0 Å². The zero-order valence-electron chi connectivity index (χ0n) is 14.5. The Bertz CT molecular complexity index is 806. The first kappa shape index (κ1) is 17.3. The first-order chi connectivity index (χ1) is 12.2. The lowest BCUT2D eigenvalue weighted by molar-refractivity contribution is 0.199. The zero-order valence-corrected chi connectivity index (χ0v) is 14.5. The van der Waals surface area contributed by atoms with E-state index in [1.54, 1.807) is 14.0 Å². The maximum Gasteiger partial charge on any atom is 0.134 e. The lowest BCUT2D eigenvalue weighted by Gasteiger charge is -2.08. The van der Waals surface area contributed by atoms with E-state index in [1.165, 1.54) is 0 Å². The number of ether oxygens (including phenoxy) is 1. The van der Waals surface area contributed by atoms with E-state index in [2.05, 4.69) is 5.32 Å². The summed E-state index contributed by atoms with van der Waals surface area (Å²) in [5, 5.41) is 13.0. The third-order valence-corrected chi connectivity index (χ3v) is 4.15. The van der Waals surface area contributed by atoms with Crippen LogP contribution in [0.1, 0.15) is 29.9 Å². The molecule has 1 heterocycles. The van der Waals surface area contributed by atoms with Crippen molar-refractivity contribution in [1.29, 1.82) is 0 Å². The van der Waals surface area contributed by atoms with E-state index in [9.17, 15) is 5.11 Å². The molecule has 0 unspecified atom stereocenters. The Kier molecular flexibility index (Phi) is 5.53. The van der Waals surface area contributed by atoms with Gasteiger partial charge in [-0.3, -0.25) is 0 Å². The van der Waals surface area contributed by atoms with Gasteiger partial charge in [-0.2, -0.15) is 0 Å². The molecule has 4 nitrogen and oxygen atoms in total. The molecule has 3 rings (SSSR count). The molecule has 4 heteroatoms. The van der Waals surface area contributed by atoms with Crippen LogP contribution in [0.2, 0.25) is 0 Å². The highest BCUT2D eigenvalue weighted by atomic mass is 16.5. The number of hydrogen-bond donors (Lipinski definition) is 2. The third kappa shape index (κ3) is 4.29. The molecule has 0 amide bonds. The van der Waals surface area contributed by atoms with Crippen molar-refractivity contribution in [1.82, 2.24) is 5.32 Å². The number of para-hydroxylation sites is 1. The van der Waals surface area contributed by atoms with Gasteiger partial charge in [-0.15, -0.1) is 0 Å². The maximum absolute atomic E-state index is 9.58. The van der Waals surface area contributed by atoms with Gasteiger partial charge in [0.15, 0.2) is 0 Å². The van der Waals surface area contributed by atoms with Crippen LogP contribution in [-0.2, 0) is 13.1 Å². The number of benzene rings is 2. The Labute approximate surface area is 148 Å². The molecule has 0 spiro atoms. The third-order valence-electron chi connectivity index (χ3n) is 4.15. The SMILES string of the molecule is COc1ccccc1CNCc1ccc(-c2ccc([C@@H](C)O)cc2)o1. The fraction of sp³-hybridized carbons (Fsp3) is 0.238. The first-order valence-corrected chi connectivity index (χ1v) is 8.37. The minimum absolute atomic E-state index is 0.458. The summed E-state index contributed by atoms with van der Waals surface area (Å²) in [6.45, 7) is 3.11. The fourth-order valence-corrected chi connectivity index (χ4v) is 2.72. The standard InChI is InChI=1S/C21H23NO3/c1-15(23)16-7-9-17(10-8-16)21-12-11-19(25-21)14-22-13-18-5-3-4-6-20(18)24-2/h3-12,15,22-23H,13-14H2,1-2H3/t15-/m1/s1. The van der Waals surface area contributed by atoms with Crippen LogP contribution in [-0.4, -0.2) is 12.2 Å². The van der Waals surface area contributed by atoms with Crippen LogP contribution in [0, 0.1) is 0 Å². The van der Waals surface area contributed by atoms with Crippen LogP contribution >= 0.6 is 0 Å². The van der Waals surface area contributed by atoms with Gasteiger partial charge in [0.25, 0.3) is 0 Å². The second-order valence-electron chi connectivity index (χ2n) is 5.98. The number of methoxy groups -OCH3 is 1. The molecular weight excluding hydrogens is 314 g/mol. The number of nitrogens with one attached hydrogen (secondary N) is 1. The fourth-order valence-electron chi connectivity index (χ4n) is 2.72. The van der Waals surface area contributed by atoms with Gasteiger partial charge in [0.1, 0.15) is 17.3 Å². The molecule has 2 N–H and O–H groups in total. The molecule has 0 saturated carbocycles. The van der Waals surface area contributed by atoms with Gasteiger partial charge >= 0.3 is 0 Å². The average molecular weight is 337 g/mol. The number of aliphatic hydroxyl groups is 1. The van der Waals surface area contributed by atoms with Crippen molar-refractivity contribution in [3.8, 4) is 17.1 Å². The van der Waals surface area contributed by atoms with Crippen LogP contribution in [0.3, 0.4) is 0 Å². The average Bonchev–Trinajstić information content (AvgIpc) is 3.11. The molecule has 3 aromatic rings. The van der Waals surface area contributed by atoms with Crippen LogP contribution < -0.4 is 10.1 Å². The van der Waals surface area contributed by atoms with E-state index in [0.29, 0.717) is 13.1 Å². The topological polar surface area (TPSA) is 54.6 Å². The molecule has 25 heavy (non-hydrogen) atoms. The molecule has 130 valence electrons. The van der Waals surface area contributed by atoms with Crippen molar-refractivity contribution in [3.63, 3.8) is 0 Å². The van der Waals surface area contributed by atoms with Gasteiger partial charge in [-0.25, -0.2) is 0 Å². The van der Waals surface area contributed by atoms with E-state index >= 15 is 0 Å². The maximum atomic E-state index is 9.58. The summed E-state index contributed by atoms with van der Waals surface area (Å²) in [6, 6.07) is 19.7. The largest absolute Gasteiger partial charge is 0.496 e. The quantitative estimate of drug-likeness (QED) is 0.675. The minimum atomic E-state index is -0.458. The van der Waals surface area contributed by atoms with E-state index in [-0.39, 0.29) is 0 Å². The summed E-state index contributed by atoms with van der Waals surface area (Å²) in [7, 11) is 1.68. The summed E-state index contributed by atoms with van der Waals surface area (Å²) in [5.74, 6) is 2.59. The molecular formula is C21H23NO3. The van der Waals surface area contributed by atoms with Crippen LogP contribution in [0.5, 0.6) is 5.75 Å². The second-order valence-corrected chi connectivity index (χ2v) is 5.98. The molecule has 0 fully saturated rings. The first-order valence-electron chi connectivity index (χ1n) is 8.37. The molecule has 0 radical (unpaired) electrons. The molecule has 0 aliphatic carbocycles. The summed E-state index contributed by atoms with van der Waals surface area (Å²) in [6.07, 6.45) is -0.458. The van der Waals surface area contributed by atoms with Crippen molar-refractivity contribution in [2.75, 3.05) is 7.11 Å². The van der Waals surface area contributed by atoms with Crippen molar-refractivity contribution < 1.29 is 14.3 Å². The summed E-state index contributed by atoms with van der Waals surface area (Å²) in [4.78, 5) is 0. The zero-order chi connectivity index (χ0) is 17.6. The van der Waals surface area contributed by atoms with E-state index in [4.69, 9.17) is 9.15 Å². The normalized spacial score (nSPS) is 12.1. The number of rotatable bonds is 7. The number of furan rings is 1. The molecule has 0 aliphatic rings. The molecule has 0 saturated heterocycles. The van der Waals surface area contributed by atoms with Crippen LogP contribution in [0.4, 0.5) is 0 Å². The molecule has 1 aromatic heterocycles. The smallest absolute Gasteiger partial charge is 0.134 e. The predicted octanol–water partition coefficient (Wildman–Crippen LogP) is 4.30. The van der Waals surface area contributed by atoms with Gasteiger partial charge in [-0.1, -0.05) is 42.5 Å². The number of aliphatic hydroxyl groups excluding tert-OH is 1. The van der Waals surface area contributed by atoms with Gasteiger partial charge in [-0.05, 0) is 30.7 Å². The van der Waals surface area contributed by atoms with Crippen molar-refractivity contribution in [2.45, 2.75) is 26.1 Å². The Balaban J connectivity index is 1.60. The summed E-state index contributed by atoms with van der Waals surface area (Å²) < 4.78 is 11.3. The predicted molar refractivity (Wildman–Crippen MR) is 98.3 cm³/mol. The Morgan fingerprint density at radius 3 is 2.48 bits per heavy atom. The lowest BCUT2D eigenvalue weighted by Crippen LogP contribution is -2.12. The van der Waals surface area contributed by atoms with Crippen molar-refractivity contribution in [2.24, 2.45) is 0 Å². The van der Waals surface area contributed by atoms with Crippen LogP contribution in [0.15, 0.2) is 65.1 Å². The lowest BCUT2D eigenvalue weighted by atomic mass is 10.1. The highest BCUT2D eigenvalue weighted by molar-refractivity contribution is 5.58. The van der Waals surface area contributed by atoms with Crippen LogP contribution in [0.25, 0.3) is 11.3 Å². The highest BCUT2D eigenvalue weighted by Gasteiger charge is 2.07. The molecule has 0 aliphatic heterocycles. The minimum Gasteiger partial charge on any atom is -0.496 e. The van der Waals surface area contributed by atoms with E-state index in [0.717, 1.165) is 34.0 Å². The van der Waals surface area contributed by atoms with Gasteiger partial charge in [0.2, 0.25) is 0 Å². The molecule has 1 atom stereocenters. The summed E-state index contributed by atoms with van der Waals surface area (Å²) in [5.41, 5.74) is 3.01. The van der Waals surface area contributed by atoms with E-state index < -0.39 is 6.10 Å². The second kappa shape index (κ2) is 8.01.